The summed E-state index contributed by atoms with van der Waals surface area (Å²) in [4.78, 5) is 7.10. The van der Waals surface area contributed by atoms with Crippen molar-refractivity contribution in [3.8, 4) is 17.6 Å². The van der Waals surface area contributed by atoms with Crippen molar-refractivity contribution < 1.29 is 9.47 Å². The predicted molar refractivity (Wildman–Crippen MR) is 125 cm³/mol. The fourth-order valence-corrected chi connectivity index (χ4v) is 4.82. The summed E-state index contributed by atoms with van der Waals surface area (Å²) in [7, 11) is 3.71. The summed E-state index contributed by atoms with van der Waals surface area (Å²) in [6.45, 7) is 4.33. The number of methoxy groups -OCH3 is 1. The summed E-state index contributed by atoms with van der Waals surface area (Å²) in [6, 6.07) is 18.3. The predicted octanol–water partition coefficient (Wildman–Crippen LogP) is 5.60. The molecule has 2 aliphatic heterocycles. The van der Waals surface area contributed by atoms with Crippen molar-refractivity contribution in [1.82, 2.24) is 0 Å². The van der Waals surface area contributed by atoms with Crippen molar-refractivity contribution in [2.45, 2.75) is 25.0 Å². The van der Waals surface area contributed by atoms with E-state index in [0.29, 0.717) is 5.75 Å². The van der Waals surface area contributed by atoms with E-state index >= 15 is 0 Å². The first kappa shape index (κ1) is 19.2. The van der Waals surface area contributed by atoms with Gasteiger partial charge in [0.25, 0.3) is 0 Å². The SMILES string of the molecule is COc1ccc2c(c1)C(C)(C)C1(C=Nc3c(c(C=CC#N)cc4ccccc34)O1)N2C. The molecule has 0 N–H and O–H groups in total. The average molecular weight is 409 g/mol. The van der Waals surface area contributed by atoms with E-state index in [9.17, 15) is 0 Å². The highest BCUT2D eigenvalue weighted by molar-refractivity contribution is 6.02. The fourth-order valence-electron chi connectivity index (χ4n) is 4.82. The Hall–Kier alpha value is -3.78. The van der Waals surface area contributed by atoms with Gasteiger partial charge in [0.05, 0.1) is 24.8 Å². The van der Waals surface area contributed by atoms with E-state index in [1.165, 1.54) is 6.08 Å². The van der Waals surface area contributed by atoms with Gasteiger partial charge in [-0.2, -0.15) is 5.26 Å². The second-order valence-corrected chi connectivity index (χ2v) is 8.45. The van der Waals surface area contributed by atoms with Crippen LogP contribution in [0, 0.1) is 11.3 Å². The van der Waals surface area contributed by atoms with Gasteiger partial charge in [0.2, 0.25) is 5.72 Å². The summed E-state index contributed by atoms with van der Waals surface area (Å²) < 4.78 is 12.4. The van der Waals surface area contributed by atoms with Crippen LogP contribution in [-0.4, -0.2) is 26.1 Å². The van der Waals surface area contributed by atoms with Gasteiger partial charge in [-0.1, -0.05) is 24.3 Å². The monoisotopic (exact) mass is 409 g/mol. The van der Waals surface area contributed by atoms with E-state index in [1.807, 2.05) is 43.6 Å². The molecule has 5 heteroatoms. The Morgan fingerprint density at radius 2 is 1.97 bits per heavy atom. The minimum Gasteiger partial charge on any atom is -0.497 e. The maximum absolute atomic E-state index is 9.12. The molecule has 0 amide bonds. The van der Waals surface area contributed by atoms with Gasteiger partial charge in [-0.3, -0.25) is 4.99 Å². The highest BCUT2D eigenvalue weighted by Crippen LogP contribution is 2.55. The lowest BCUT2D eigenvalue weighted by atomic mass is 9.77. The van der Waals surface area contributed by atoms with Crippen molar-refractivity contribution in [2.24, 2.45) is 4.99 Å². The molecule has 2 aliphatic rings. The second-order valence-electron chi connectivity index (χ2n) is 8.45. The molecule has 1 atom stereocenters. The van der Waals surface area contributed by atoms with Crippen LogP contribution in [0.15, 0.2) is 59.6 Å². The number of fused-ring (bicyclic) bond motifs is 4. The summed E-state index contributed by atoms with van der Waals surface area (Å²) in [5.74, 6) is 1.50. The third-order valence-corrected chi connectivity index (χ3v) is 6.60. The molecule has 3 aromatic carbocycles. The number of anilines is 1. The van der Waals surface area contributed by atoms with E-state index in [2.05, 4.69) is 43.0 Å². The molecule has 1 unspecified atom stereocenters. The molecule has 5 rings (SSSR count). The molecule has 31 heavy (non-hydrogen) atoms. The van der Waals surface area contributed by atoms with E-state index in [-0.39, 0.29) is 0 Å². The first-order valence-corrected chi connectivity index (χ1v) is 10.2. The molecule has 0 saturated heterocycles. The van der Waals surface area contributed by atoms with Crippen LogP contribution in [0.2, 0.25) is 0 Å². The van der Waals surface area contributed by atoms with Gasteiger partial charge in [0.1, 0.15) is 11.4 Å². The number of rotatable bonds is 2. The molecule has 0 bridgehead atoms. The Morgan fingerprint density at radius 3 is 2.74 bits per heavy atom. The Kier molecular flexibility index (Phi) is 4.10. The number of benzene rings is 3. The lowest BCUT2D eigenvalue weighted by molar-refractivity contribution is 0.0823. The number of nitrogens with zero attached hydrogens (tertiary/aromatic N) is 3. The van der Waals surface area contributed by atoms with E-state index in [1.54, 1.807) is 13.2 Å². The van der Waals surface area contributed by atoms with Crippen LogP contribution in [0.1, 0.15) is 25.0 Å². The number of ether oxygens (including phenoxy) is 2. The molecular formula is C26H23N3O2. The molecular weight excluding hydrogens is 386 g/mol. The zero-order valence-corrected chi connectivity index (χ0v) is 18.0. The minimum absolute atomic E-state index is 0.408. The lowest BCUT2D eigenvalue weighted by Gasteiger charge is -2.45. The van der Waals surface area contributed by atoms with E-state index in [4.69, 9.17) is 19.7 Å². The van der Waals surface area contributed by atoms with Crippen LogP contribution in [0.5, 0.6) is 11.5 Å². The van der Waals surface area contributed by atoms with Gasteiger partial charge in [-0.05, 0) is 55.1 Å². The summed E-state index contributed by atoms with van der Waals surface area (Å²) >= 11 is 0. The molecule has 2 heterocycles. The molecule has 154 valence electrons. The molecule has 5 nitrogen and oxygen atoms in total. The Labute approximate surface area is 181 Å². The topological polar surface area (TPSA) is 57.9 Å². The highest BCUT2D eigenvalue weighted by Gasteiger charge is 2.59. The zero-order valence-electron chi connectivity index (χ0n) is 18.0. The van der Waals surface area contributed by atoms with Gasteiger partial charge in [0.15, 0.2) is 5.75 Å². The summed E-state index contributed by atoms with van der Waals surface area (Å²) in [5, 5.41) is 11.2. The summed E-state index contributed by atoms with van der Waals surface area (Å²) in [6.07, 6.45) is 5.19. The normalized spacial score (nSPS) is 20.5. The molecule has 3 aromatic rings. The van der Waals surface area contributed by atoms with Crippen LogP contribution in [0.25, 0.3) is 16.8 Å². The maximum Gasteiger partial charge on any atom is 0.228 e. The Bertz CT molecular complexity index is 1320. The van der Waals surface area contributed by atoms with Gasteiger partial charge in [0, 0.05) is 29.8 Å². The quantitative estimate of drug-likeness (QED) is 0.517. The van der Waals surface area contributed by atoms with E-state index in [0.717, 1.165) is 39.0 Å². The van der Waals surface area contributed by atoms with Crippen LogP contribution < -0.4 is 14.4 Å². The number of aliphatic imine (C=N–C) groups is 1. The van der Waals surface area contributed by atoms with Crippen molar-refractivity contribution in [1.29, 1.82) is 5.26 Å². The smallest absolute Gasteiger partial charge is 0.228 e. The van der Waals surface area contributed by atoms with Crippen LogP contribution in [-0.2, 0) is 5.41 Å². The van der Waals surface area contributed by atoms with Crippen LogP contribution in [0.4, 0.5) is 11.4 Å². The van der Waals surface area contributed by atoms with Gasteiger partial charge < -0.3 is 14.4 Å². The fraction of sp³-hybridized carbons (Fsp3) is 0.231. The molecule has 0 aromatic heterocycles. The third-order valence-electron chi connectivity index (χ3n) is 6.60. The van der Waals surface area contributed by atoms with Crippen LogP contribution in [0.3, 0.4) is 0 Å². The zero-order chi connectivity index (χ0) is 21.8. The van der Waals surface area contributed by atoms with Gasteiger partial charge >= 0.3 is 0 Å². The highest BCUT2D eigenvalue weighted by atomic mass is 16.5. The molecule has 0 fully saturated rings. The van der Waals surface area contributed by atoms with Gasteiger partial charge in [-0.25, -0.2) is 0 Å². The molecule has 1 spiro atoms. The Balaban J connectivity index is 1.74. The maximum atomic E-state index is 9.12. The first-order chi connectivity index (χ1) is 14.9. The number of likely N-dealkylation sites (N-methyl/N-ethyl adjacent to an activating group) is 1. The lowest BCUT2D eigenvalue weighted by Crippen LogP contribution is -2.61. The molecule has 0 aliphatic carbocycles. The molecule has 0 saturated carbocycles. The third kappa shape index (κ3) is 2.51. The van der Waals surface area contributed by atoms with Crippen molar-refractivity contribution in [3.05, 3.63) is 65.7 Å². The van der Waals surface area contributed by atoms with Crippen molar-refractivity contribution >= 4 is 34.4 Å². The van der Waals surface area contributed by atoms with E-state index < -0.39 is 11.1 Å². The summed E-state index contributed by atoms with van der Waals surface area (Å²) in [5.41, 5.74) is 2.62. The number of hydrogen-bond acceptors (Lipinski definition) is 5. The first-order valence-electron chi connectivity index (χ1n) is 10.2. The van der Waals surface area contributed by atoms with Crippen molar-refractivity contribution in [2.75, 3.05) is 19.1 Å². The number of allylic oxidation sites excluding steroid dienone is 1. The van der Waals surface area contributed by atoms with Gasteiger partial charge in [-0.15, -0.1) is 0 Å². The average Bonchev–Trinajstić information content (AvgIpc) is 2.95. The standard InChI is InChI=1S/C26H23N3O2/c1-25(2)21-15-19(30-4)11-12-22(21)29(3)26(25)16-28-23-20-10-6-5-8-17(20)14-18(9-7-13-27)24(23)31-26/h5-12,14-16H,1-4H3. The molecule has 0 radical (unpaired) electrons. The number of nitriles is 1. The second kappa shape index (κ2) is 6.61. The minimum atomic E-state index is -0.813. The Morgan fingerprint density at radius 1 is 1.16 bits per heavy atom. The van der Waals surface area contributed by atoms with Crippen LogP contribution >= 0.6 is 0 Å². The van der Waals surface area contributed by atoms with Crippen molar-refractivity contribution in [3.63, 3.8) is 0 Å². The largest absolute Gasteiger partial charge is 0.497 e. The number of hydrogen-bond donors (Lipinski definition) is 0.